The van der Waals surface area contributed by atoms with Crippen molar-refractivity contribution in [3.63, 3.8) is 0 Å². The Morgan fingerprint density at radius 3 is 0.913 bits per heavy atom. The van der Waals surface area contributed by atoms with Crippen molar-refractivity contribution in [2.24, 2.45) is 5.41 Å². The molecule has 0 aromatic rings. The van der Waals surface area contributed by atoms with E-state index >= 15 is 0 Å². The summed E-state index contributed by atoms with van der Waals surface area (Å²) in [7, 11) is 4.33. The zero-order valence-electron chi connectivity index (χ0n) is 14.4. The van der Waals surface area contributed by atoms with Crippen LogP contribution in [0.5, 0.6) is 0 Å². The van der Waals surface area contributed by atoms with Crippen LogP contribution in [-0.4, -0.2) is 70.5 Å². The van der Waals surface area contributed by atoms with Crippen LogP contribution in [0.25, 0.3) is 0 Å². The van der Waals surface area contributed by atoms with Crippen LogP contribution in [0.15, 0.2) is 0 Å². The van der Waals surface area contributed by atoms with E-state index in [1.165, 1.54) is 0 Å². The second-order valence-corrected chi connectivity index (χ2v) is 8.89. The smallest absolute Gasteiger partial charge is 0.387 e. The second-order valence-electron chi connectivity index (χ2n) is 3.96. The molecule has 0 rings (SSSR count). The van der Waals surface area contributed by atoms with E-state index in [0.29, 0.717) is 0 Å². The molecule has 0 unspecified atom stereocenters. The molecule has 0 heterocycles. The van der Waals surface area contributed by atoms with Crippen LogP contribution in [0.4, 0.5) is 0 Å². The maximum atomic E-state index is 5.15. The van der Waals surface area contributed by atoms with Crippen molar-refractivity contribution in [3.8, 4) is 34.4 Å². The molecule has 23 heavy (non-hydrogen) atoms. The van der Waals surface area contributed by atoms with Crippen molar-refractivity contribution in [2.75, 3.05) is 42.7 Å². The van der Waals surface area contributed by atoms with E-state index < -0.39 is 33.3 Å². The average Bonchev–Trinajstić information content (AvgIpc) is 2.57. The van der Waals surface area contributed by atoms with Gasteiger partial charge >= 0.3 is 27.9 Å². The molecule has 0 aromatic carbocycles. The monoisotopic (exact) mass is 369 g/mol. The predicted molar refractivity (Wildman–Crippen MR) is 90.8 cm³/mol. The fourth-order valence-corrected chi connectivity index (χ4v) is 3.35. The maximum absolute atomic E-state index is 5.15. The van der Waals surface area contributed by atoms with Gasteiger partial charge < -0.3 is 26.6 Å². The molecule has 0 spiro atoms. The molecule has 0 aliphatic heterocycles. The summed E-state index contributed by atoms with van der Waals surface area (Å²) in [5, 5.41) is 0. The predicted octanol–water partition coefficient (Wildman–Crippen LogP) is -0.0365. The van der Waals surface area contributed by atoms with Crippen molar-refractivity contribution < 1.29 is 26.6 Å². The van der Waals surface area contributed by atoms with Crippen LogP contribution in [0.3, 0.4) is 0 Å². The third-order valence-corrected chi connectivity index (χ3v) is 5.57. The van der Waals surface area contributed by atoms with Gasteiger partial charge in [0.05, 0.1) is 0 Å². The lowest BCUT2D eigenvalue weighted by Gasteiger charge is -2.10. The summed E-state index contributed by atoms with van der Waals surface area (Å²) in [4.78, 5) is 0. The molecule has 0 N–H and O–H groups in total. The van der Waals surface area contributed by atoms with Gasteiger partial charge in [-0.1, -0.05) is 34.4 Å². The van der Waals surface area contributed by atoms with Gasteiger partial charge in [-0.05, 0) is 6.92 Å². The van der Waals surface area contributed by atoms with Gasteiger partial charge in [0.2, 0.25) is 0 Å². The summed E-state index contributed by atoms with van der Waals surface area (Å²) in [6.45, 7) is 1.81. The van der Waals surface area contributed by atoms with Gasteiger partial charge in [0.25, 0.3) is 0 Å². The summed E-state index contributed by atoms with van der Waals surface area (Å²) in [5.41, 5.74) is 7.93. The van der Waals surface area contributed by atoms with Gasteiger partial charge in [0.1, 0.15) is 5.41 Å². The minimum atomic E-state index is -1.66. The Labute approximate surface area is 144 Å². The van der Waals surface area contributed by atoms with E-state index in [-0.39, 0.29) is 0 Å². The van der Waals surface area contributed by atoms with E-state index in [1.807, 2.05) is 0 Å². The Hall–Kier alpha value is -0.909. The highest BCUT2D eigenvalue weighted by atomic mass is 28.3. The molecule has 0 atom stereocenters. The minimum Gasteiger partial charge on any atom is -0.387 e. The quantitative estimate of drug-likeness (QED) is 0.484. The second kappa shape index (κ2) is 12.5. The lowest BCUT2D eigenvalue weighted by molar-refractivity contribution is 0.293. The Bertz CT molecular complexity index is 436. The van der Waals surface area contributed by atoms with Crippen molar-refractivity contribution in [1.29, 1.82) is 0 Å². The van der Waals surface area contributed by atoms with Crippen LogP contribution < -0.4 is 0 Å². The molecule has 0 amide bonds. The topological polar surface area (TPSA) is 55.4 Å². The summed E-state index contributed by atoms with van der Waals surface area (Å²) in [6, 6.07) is 0. The first-order chi connectivity index (χ1) is 11.0. The Balaban J connectivity index is 5.59. The molecule has 125 valence electrons. The first-order valence-electron chi connectivity index (χ1n) is 6.42. The fraction of sp³-hybridized carbons (Fsp3) is 0.571. The highest BCUT2D eigenvalue weighted by Crippen LogP contribution is 2.12. The standard InChI is InChI=1S/C14H21O6Si3/c1-14(8-11-21(15-2)16-3,9-12-22(17-4)18-5)10-13-23(19-6)20-7/h1-7H3. The maximum Gasteiger partial charge on any atom is 0.482 e. The molecule has 9 heteroatoms. The fourth-order valence-electron chi connectivity index (χ4n) is 1.18. The van der Waals surface area contributed by atoms with Gasteiger partial charge in [-0.15, -0.1) is 0 Å². The van der Waals surface area contributed by atoms with E-state index in [4.69, 9.17) is 26.6 Å². The van der Waals surface area contributed by atoms with E-state index in [1.54, 1.807) is 49.6 Å². The minimum absolute atomic E-state index is 0.896. The molecule has 0 aliphatic rings. The Kier molecular flexibility index (Phi) is 12.0. The van der Waals surface area contributed by atoms with Crippen LogP contribution in [-0.2, 0) is 26.6 Å². The van der Waals surface area contributed by atoms with Crippen LogP contribution in [0.2, 0.25) is 0 Å². The van der Waals surface area contributed by atoms with Crippen LogP contribution in [0, 0.1) is 39.8 Å². The highest BCUT2D eigenvalue weighted by molar-refractivity contribution is 6.55. The zero-order chi connectivity index (χ0) is 17.7. The molecule has 0 saturated heterocycles. The van der Waals surface area contributed by atoms with Crippen molar-refractivity contribution >= 4 is 27.9 Å². The Morgan fingerprint density at radius 1 is 0.522 bits per heavy atom. The molecule has 3 radical (unpaired) electrons. The summed E-state index contributed by atoms with van der Waals surface area (Å²) in [6.07, 6.45) is 0. The molecule has 0 aliphatic carbocycles. The number of hydrogen-bond donors (Lipinski definition) is 0. The Morgan fingerprint density at radius 2 is 0.739 bits per heavy atom. The molecule has 0 fully saturated rings. The van der Waals surface area contributed by atoms with E-state index in [2.05, 4.69) is 34.4 Å². The van der Waals surface area contributed by atoms with Gasteiger partial charge in [-0.3, -0.25) is 0 Å². The van der Waals surface area contributed by atoms with Crippen LogP contribution >= 0.6 is 0 Å². The third-order valence-electron chi connectivity index (χ3n) is 2.36. The summed E-state index contributed by atoms with van der Waals surface area (Å²) < 4.78 is 30.9. The first kappa shape index (κ1) is 22.1. The van der Waals surface area contributed by atoms with E-state index in [9.17, 15) is 0 Å². The molecular formula is C14H21O6Si3. The zero-order valence-corrected chi connectivity index (χ0v) is 17.4. The molecule has 0 saturated carbocycles. The normalized spacial score (nSPS) is 10.7. The molecule has 6 nitrogen and oxygen atoms in total. The average molecular weight is 370 g/mol. The number of rotatable bonds is 6. The lowest BCUT2D eigenvalue weighted by Crippen LogP contribution is -2.21. The van der Waals surface area contributed by atoms with E-state index in [0.717, 1.165) is 0 Å². The van der Waals surface area contributed by atoms with Crippen LogP contribution in [0.1, 0.15) is 6.92 Å². The SMILES string of the molecule is CO[Si](C#CC(C)(C#C[Si](OC)OC)C#C[Si](OC)OC)OC. The van der Waals surface area contributed by atoms with Gasteiger partial charge in [-0.2, -0.15) is 0 Å². The van der Waals surface area contributed by atoms with Crippen molar-refractivity contribution in [2.45, 2.75) is 6.92 Å². The molecule has 0 aromatic heterocycles. The first-order valence-corrected chi connectivity index (χ1v) is 10.4. The largest absolute Gasteiger partial charge is 0.482 e. The van der Waals surface area contributed by atoms with Gasteiger partial charge in [0.15, 0.2) is 0 Å². The van der Waals surface area contributed by atoms with Gasteiger partial charge in [-0.25, -0.2) is 0 Å². The van der Waals surface area contributed by atoms with Crippen molar-refractivity contribution in [1.82, 2.24) is 0 Å². The van der Waals surface area contributed by atoms with Gasteiger partial charge in [0, 0.05) is 42.7 Å². The highest BCUT2D eigenvalue weighted by Gasteiger charge is 2.20. The lowest BCUT2D eigenvalue weighted by atomic mass is 9.95. The third kappa shape index (κ3) is 9.08. The summed E-state index contributed by atoms with van der Waals surface area (Å²) in [5.74, 6) is 9.04. The number of hydrogen-bond acceptors (Lipinski definition) is 6. The molecular weight excluding hydrogens is 348 g/mol. The van der Waals surface area contributed by atoms with Crippen molar-refractivity contribution in [3.05, 3.63) is 0 Å². The summed E-state index contributed by atoms with van der Waals surface area (Å²) >= 11 is 0. The molecule has 0 bridgehead atoms.